The number of fused-ring (bicyclic) bond motifs is 2. The molecule has 0 aliphatic heterocycles. The molecule has 0 saturated carbocycles. The summed E-state index contributed by atoms with van der Waals surface area (Å²) in [5, 5.41) is 3.26. The van der Waals surface area contributed by atoms with E-state index in [4.69, 9.17) is 0 Å². The maximum atomic E-state index is 4.37. The fraction of sp³-hybridized carbons (Fsp3) is 0.385. The van der Waals surface area contributed by atoms with E-state index in [-0.39, 0.29) is 0 Å². The number of aryl methyl sites for hydroxylation is 1. The Hall–Kier alpha value is -1.48. The monoisotopic (exact) mass is 213 g/mol. The summed E-state index contributed by atoms with van der Waals surface area (Å²) in [5.41, 5.74) is 4.95. The number of nitrogens with zero attached hydrogens (tertiary/aromatic N) is 2. The van der Waals surface area contributed by atoms with Gasteiger partial charge in [0.25, 0.3) is 0 Å². The SMILES string of the molecule is CNCC1CCc2cc3nccnc3cc21. The van der Waals surface area contributed by atoms with Gasteiger partial charge in [-0.05, 0) is 49.1 Å². The summed E-state index contributed by atoms with van der Waals surface area (Å²) in [6, 6.07) is 4.42. The molecule has 0 spiro atoms. The number of aromatic nitrogens is 2. The third-order valence-electron chi connectivity index (χ3n) is 3.38. The summed E-state index contributed by atoms with van der Waals surface area (Å²) in [7, 11) is 2.01. The van der Waals surface area contributed by atoms with E-state index in [2.05, 4.69) is 27.4 Å². The van der Waals surface area contributed by atoms with E-state index < -0.39 is 0 Å². The Morgan fingerprint density at radius 2 is 2.00 bits per heavy atom. The summed E-state index contributed by atoms with van der Waals surface area (Å²) < 4.78 is 0. The van der Waals surface area contributed by atoms with Gasteiger partial charge in [-0.1, -0.05) is 0 Å². The first-order valence-electron chi connectivity index (χ1n) is 5.76. The second kappa shape index (κ2) is 3.83. The normalized spacial score (nSPS) is 18.9. The lowest BCUT2D eigenvalue weighted by Gasteiger charge is -2.10. The lowest BCUT2D eigenvalue weighted by molar-refractivity contribution is 0.623. The molecule has 3 rings (SSSR count). The number of nitrogens with one attached hydrogen (secondary N) is 1. The lowest BCUT2D eigenvalue weighted by Crippen LogP contribution is -2.15. The zero-order chi connectivity index (χ0) is 11.0. The van der Waals surface area contributed by atoms with Crippen molar-refractivity contribution in [3.8, 4) is 0 Å². The molecule has 1 unspecified atom stereocenters. The zero-order valence-corrected chi connectivity index (χ0v) is 9.40. The van der Waals surface area contributed by atoms with Crippen LogP contribution in [0.5, 0.6) is 0 Å². The van der Waals surface area contributed by atoms with Crippen LogP contribution >= 0.6 is 0 Å². The number of likely N-dealkylation sites (N-methyl/N-ethyl adjacent to an activating group) is 1. The van der Waals surface area contributed by atoms with Gasteiger partial charge in [-0.25, -0.2) is 0 Å². The number of rotatable bonds is 2. The highest BCUT2D eigenvalue weighted by atomic mass is 14.8. The smallest absolute Gasteiger partial charge is 0.0889 e. The van der Waals surface area contributed by atoms with E-state index in [9.17, 15) is 0 Å². The predicted molar refractivity (Wildman–Crippen MR) is 64.5 cm³/mol. The molecule has 1 heterocycles. The Morgan fingerprint density at radius 3 is 2.75 bits per heavy atom. The first kappa shape index (κ1) is 9.73. The highest BCUT2D eigenvalue weighted by molar-refractivity contribution is 5.76. The molecular weight excluding hydrogens is 198 g/mol. The van der Waals surface area contributed by atoms with Crippen molar-refractivity contribution < 1.29 is 0 Å². The van der Waals surface area contributed by atoms with Crippen molar-refractivity contribution in [3.05, 3.63) is 35.7 Å². The fourth-order valence-corrected chi connectivity index (χ4v) is 2.61. The molecule has 1 atom stereocenters. The third kappa shape index (κ3) is 1.48. The molecule has 0 saturated heterocycles. The van der Waals surface area contributed by atoms with Crippen molar-refractivity contribution in [2.45, 2.75) is 18.8 Å². The van der Waals surface area contributed by atoms with Crippen LogP contribution in [0.2, 0.25) is 0 Å². The van der Waals surface area contributed by atoms with Gasteiger partial charge in [-0.3, -0.25) is 9.97 Å². The van der Waals surface area contributed by atoms with E-state index in [1.54, 1.807) is 12.4 Å². The van der Waals surface area contributed by atoms with Crippen LogP contribution in [0.25, 0.3) is 11.0 Å². The molecule has 2 aromatic rings. The molecular formula is C13H15N3. The average molecular weight is 213 g/mol. The van der Waals surface area contributed by atoms with Gasteiger partial charge in [-0.15, -0.1) is 0 Å². The maximum absolute atomic E-state index is 4.37. The number of hydrogen-bond donors (Lipinski definition) is 1. The van der Waals surface area contributed by atoms with Crippen LogP contribution in [-0.4, -0.2) is 23.6 Å². The van der Waals surface area contributed by atoms with Crippen molar-refractivity contribution in [2.24, 2.45) is 0 Å². The molecule has 1 aliphatic rings. The molecule has 82 valence electrons. The first-order chi connectivity index (χ1) is 7.88. The van der Waals surface area contributed by atoms with Crippen LogP contribution in [-0.2, 0) is 6.42 Å². The highest BCUT2D eigenvalue weighted by Crippen LogP contribution is 2.34. The summed E-state index contributed by atoms with van der Waals surface area (Å²) in [6.45, 7) is 1.05. The van der Waals surface area contributed by atoms with Crippen molar-refractivity contribution >= 4 is 11.0 Å². The Kier molecular flexibility index (Phi) is 2.33. The van der Waals surface area contributed by atoms with Gasteiger partial charge in [-0.2, -0.15) is 0 Å². The van der Waals surface area contributed by atoms with Crippen LogP contribution in [0.1, 0.15) is 23.5 Å². The topological polar surface area (TPSA) is 37.8 Å². The van der Waals surface area contributed by atoms with E-state index in [1.165, 1.54) is 24.0 Å². The Bertz CT molecular complexity index is 522. The van der Waals surface area contributed by atoms with Crippen LogP contribution < -0.4 is 5.32 Å². The minimum absolute atomic E-state index is 0.645. The summed E-state index contributed by atoms with van der Waals surface area (Å²) >= 11 is 0. The third-order valence-corrected chi connectivity index (χ3v) is 3.38. The highest BCUT2D eigenvalue weighted by Gasteiger charge is 2.22. The van der Waals surface area contributed by atoms with Gasteiger partial charge in [0.2, 0.25) is 0 Å². The van der Waals surface area contributed by atoms with Gasteiger partial charge in [0.1, 0.15) is 0 Å². The molecule has 3 heteroatoms. The van der Waals surface area contributed by atoms with Gasteiger partial charge in [0.05, 0.1) is 11.0 Å². The van der Waals surface area contributed by atoms with Crippen molar-refractivity contribution in [1.82, 2.24) is 15.3 Å². The number of hydrogen-bond acceptors (Lipinski definition) is 3. The molecule has 0 bridgehead atoms. The standard InChI is InChI=1S/C13H15N3/c1-14-8-10-3-2-9-6-12-13(7-11(9)10)16-5-4-15-12/h4-7,10,14H,2-3,8H2,1H3. The maximum Gasteiger partial charge on any atom is 0.0889 e. The quantitative estimate of drug-likeness (QED) is 0.827. The van der Waals surface area contributed by atoms with E-state index in [0.717, 1.165) is 17.6 Å². The molecule has 1 aromatic carbocycles. The van der Waals surface area contributed by atoms with Crippen LogP contribution in [0.3, 0.4) is 0 Å². The Balaban J connectivity index is 2.12. The van der Waals surface area contributed by atoms with Gasteiger partial charge in [0.15, 0.2) is 0 Å². The van der Waals surface area contributed by atoms with Crippen LogP contribution in [0.15, 0.2) is 24.5 Å². The van der Waals surface area contributed by atoms with Gasteiger partial charge >= 0.3 is 0 Å². The largest absolute Gasteiger partial charge is 0.319 e. The van der Waals surface area contributed by atoms with E-state index >= 15 is 0 Å². The molecule has 1 N–H and O–H groups in total. The average Bonchev–Trinajstić information content (AvgIpc) is 2.70. The fourth-order valence-electron chi connectivity index (χ4n) is 2.61. The summed E-state index contributed by atoms with van der Waals surface area (Å²) in [5.74, 6) is 0.645. The molecule has 0 fully saturated rings. The second-order valence-corrected chi connectivity index (χ2v) is 4.39. The van der Waals surface area contributed by atoms with Crippen LogP contribution in [0.4, 0.5) is 0 Å². The molecule has 1 aromatic heterocycles. The van der Waals surface area contributed by atoms with Gasteiger partial charge < -0.3 is 5.32 Å². The second-order valence-electron chi connectivity index (χ2n) is 4.39. The van der Waals surface area contributed by atoms with Crippen molar-refractivity contribution in [3.63, 3.8) is 0 Å². The van der Waals surface area contributed by atoms with Crippen LogP contribution in [0, 0.1) is 0 Å². The van der Waals surface area contributed by atoms with Crippen molar-refractivity contribution in [1.29, 1.82) is 0 Å². The zero-order valence-electron chi connectivity index (χ0n) is 9.40. The molecule has 1 aliphatic carbocycles. The molecule has 3 nitrogen and oxygen atoms in total. The van der Waals surface area contributed by atoms with Gasteiger partial charge in [0, 0.05) is 18.9 Å². The Labute approximate surface area is 94.9 Å². The summed E-state index contributed by atoms with van der Waals surface area (Å²) in [6.07, 6.45) is 5.94. The lowest BCUT2D eigenvalue weighted by atomic mass is 10.0. The first-order valence-corrected chi connectivity index (χ1v) is 5.76. The van der Waals surface area contributed by atoms with E-state index in [1.807, 2.05) is 7.05 Å². The number of benzene rings is 1. The molecule has 0 amide bonds. The predicted octanol–water partition coefficient (Wildman–Crippen LogP) is 1.88. The Morgan fingerprint density at radius 1 is 1.25 bits per heavy atom. The summed E-state index contributed by atoms with van der Waals surface area (Å²) in [4.78, 5) is 8.72. The molecule has 16 heavy (non-hydrogen) atoms. The van der Waals surface area contributed by atoms with E-state index in [0.29, 0.717) is 5.92 Å². The van der Waals surface area contributed by atoms with Crippen molar-refractivity contribution in [2.75, 3.05) is 13.6 Å². The minimum Gasteiger partial charge on any atom is -0.319 e. The minimum atomic E-state index is 0.645. The molecule has 0 radical (unpaired) electrons.